The number of nitrogens with one attached hydrogen (secondary N) is 2. The first kappa shape index (κ1) is 13.1. The molecule has 2 N–H and O–H groups in total. The predicted octanol–water partition coefficient (Wildman–Crippen LogP) is 1.41. The average Bonchev–Trinajstić information content (AvgIpc) is 2.92. The first-order valence-electron chi connectivity index (χ1n) is 5.82. The van der Waals surface area contributed by atoms with Gasteiger partial charge in [-0.05, 0) is 12.1 Å². The average molecular weight is 261 g/mol. The van der Waals surface area contributed by atoms with Crippen LogP contribution in [-0.4, -0.2) is 24.7 Å². The van der Waals surface area contributed by atoms with E-state index < -0.39 is 0 Å². The van der Waals surface area contributed by atoms with Crippen molar-refractivity contribution in [1.29, 1.82) is 0 Å². The van der Waals surface area contributed by atoms with Crippen LogP contribution < -0.4 is 15.4 Å². The van der Waals surface area contributed by atoms with Gasteiger partial charge in [0.2, 0.25) is 5.91 Å². The number of hydrogen-bond donors (Lipinski definition) is 2. The van der Waals surface area contributed by atoms with Crippen molar-refractivity contribution in [2.75, 3.05) is 19.0 Å². The minimum absolute atomic E-state index is 0.145. The third-order valence-corrected chi connectivity index (χ3v) is 2.46. The highest BCUT2D eigenvalue weighted by molar-refractivity contribution is 5.93. The lowest BCUT2D eigenvalue weighted by molar-refractivity contribution is -0.115. The molecule has 0 atom stereocenters. The van der Waals surface area contributed by atoms with Crippen LogP contribution in [0.25, 0.3) is 0 Å². The Morgan fingerprint density at radius 2 is 2.21 bits per heavy atom. The second kappa shape index (κ2) is 6.55. The Morgan fingerprint density at radius 1 is 1.37 bits per heavy atom. The molecule has 0 saturated carbocycles. The van der Waals surface area contributed by atoms with Crippen LogP contribution in [0.5, 0.6) is 5.75 Å². The molecular formula is C13H15N3O3. The first-order chi connectivity index (χ1) is 9.29. The number of aromatic nitrogens is 1. The van der Waals surface area contributed by atoms with Gasteiger partial charge in [0.25, 0.3) is 0 Å². The third-order valence-electron chi connectivity index (χ3n) is 2.46. The Labute approximate surface area is 110 Å². The first-order valence-corrected chi connectivity index (χ1v) is 5.82. The predicted molar refractivity (Wildman–Crippen MR) is 69.8 cm³/mol. The van der Waals surface area contributed by atoms with Crippen LogP contribution in [-0.2, 0) is 11.3 Å². The molecule has 0 spiro atoms. The standard InChI is InChI=1S/C13H15N3O3/c1-18-12-5-3-2-4-11(12)15-13(17)9-14-8-10-6-7-19-16-10/h2-7,14H,8-9H2,1H3,(H,15,17). The molecule has 1 aromatic heterocycles. The number of nitrogens with zero attached hydrogens (tertiary/aromatic N) is 1. The van der Waals surface area contributed by atoms with E-state index in [1.54, 1.807) is 25.3 Å². The lowest BCUT2D eigenvalue weighted by atomic mass is 10.3. The summed E-state index contributed by atoms with van der Waals surface area (Å²) < 4.78 is 9.84. The molecule has 0 radical (unpaired) electrons. The summed E-state index contributed by atoms with van der Waals surface area (Å²) in [5.74, 6) is 0.486. The van der Waals surface area contributed by atoms with E-state index in [0.29, 0.717) is 18.0 Å². The molecule has 19 heavy (non-hydrogen) atoms. The van der Waals surface area contributed by atoms with E-state index in [2.05, 4.69) is 15.8 Å². The summed E-state index contributed by atoms with van der Waals surface area (Å²) in [5.41, 5.74) is 1.41. The van der Waals surface area contributed by atoms with E-state index in [1.807, 2.05) is 12.1 Å². The highest BCUT2D eigenvalue weighted by atomic mass is 16.5. The van der Waals surface area contributed by atoms with E-state index in [-0.39, 0.29) is 12.5 Å². The lowest BCUT2D eigenvalue weighted by Crippen LogP contribution is -2.27. The summed E-state index contributed by atoms with van der Waals surface area (Å²) in [6.45, 7) is 0.667. The van der Waals surface area contributed by atoms with Crippen molar-refractivity contribution in [2.45, 2.75) is 6.54 Å². The summed E-state index contributed by atoms with van der Waals surface area (Å²) in [6, 6.07) is 9.00. The number of para-hydroxylation sites is 2. The SMILES string of the molecule is COc1ccccc1NC(=O)CNCc1ccon1. The fraction of sp³-hybridized carbons (Fsp3) is 0.231. The zero-order valence-corrected chi connectivity index (χ0v) is 10.6. The summed E-state index contributed by atoms with van der Waals surface area (Å²) in [4.78, 5) is 11.7. The fourth-order valence-corrected chi connectivity index (χ4v) is 1.58. The number of ether oxygens (including phenoxy) is 1. The van der Waals surface area contributed by atoms with Crippen LogP contribution in [0.15, 0.2) is 41.1 Å². The topological polar surface area (TPSA) is 76.4 Å². The quantitative estimate of drug-likeness (QED) is 0.822. The number of carbonyl (C=O) groups excluding carboxylic acids is 1. The molecule has 0 bridgehead atoms. The van der Waals surface area contributed by atoms with Gasteiger partial charge in [-0.15, -0.1) is 0 Å². The van der Waals surface area contributed by atoms with Gasteiger partial charge >= 0.3 is 0 Å². The van der Waals surface area contributed by atoms with Gasteiger partial charge in [-0.1, -0.05) is 17.3 Å². The van der Waals surface area contributed by atoms with Crippen LogP contribution in [0.3, 0.4) is 0 Å². The van der Waals surface area contributed by atoms with Crippen molar-refractivity contribution in [3.05, 3.63) is 42.3 Å². The van der Waals surface area contributed by atoms with Gasteiger partial charge < -0.3 is 19.9 Å². The highest BCUT2D eigenvalue weighted by Crippen LogP contribution is 2.22. The minimum atomic E-state index is -0.145. The molecule has 1 aromatic carbocycles. The number of amides is 1. The highest BCUT2D eigenvalue weighted by Gasteiger charge is 2.06. The molecule has 2 rings (SSSR count). The zero-order valence-electron chi connectivity index (χ0n) is 10.6. The summed E-state index contributed by atoms with van der Waals surface area (Å²) in [6.07, 6.45) is 1.49. The zero-order chi connectivity index (χ0) is 13.5. The van der Waals surface area contributed by atoms with Crippen molar-refractivity contribution in [3.63, 3.8) is 0 Å². The summed E-state index contributed by atoms with van der Waals surface area (Å²) in [5, 5.41) is 9.48. The van der Waals surface area contributed by atoms with Crippen LogP contribution >= 0.6 is 0 Å². The Balaban J connectivity index is 1.80. The van der Waals surface area contributed by atoms with Crippen molar-refractivity contribution < 1.29 is 14.1 Å². The van der Waals surface area contributed by atoms with Crippen molar-refractivity contribution in [3.8, 4) is 5.75 Å². The molecule has 1 heterocycles. The van der Waals surface area contributed by atoms with Gasteiger partial charge in [-0.2, -0.15) is 0 Å². The monoisotopic (exact) mass is 261 g/mol. The van der Waals surface area contributed by atoms with Gasteiger partial charge in [-0.3, -0.25) is 4.79 Å². The molecule has 0 aliphatic rings. The van der Waals surface area contributed by atoms with Crippen LogP contribution in [0.4, 0.5) is 5.69 Å². The number of carbonyl (C=O) groups is 1. The molecule has 0 saturated heterocycles. The minimum Gasteiger partial charge on any atom is -0.495 e. The molecule has 100 valence electrons. The number of rotatable bonds is 6. The Bertz CT molecular complexity index is 526. The van der Waals surface area contributed by atoms with Crippen molar-refractivity contribution >= 4 is 11.6 Å². The van der Waals surface area contributed by atoms with Crippen molar-refractivity contribution in [1.82, 2.24) is 10.5 Å². The van der Waals surface area contributed by atoms with E-state index in [4.69, 9.17) is 9.26 Å². The Kier molecular flexibility index (Phi) is 4.52. The Hall–Kier alpha value is -2.34. The smallest absolute Gasteiger partial charge is 0.238 e. The maximum Gasteiger partial charge on any atom is 0.238 e. The molecule has 0 unspecified atom stereocenters. The number of hydrogen-bond acceptors (Lipinski definition) is 5. The largest absolute Gasteiger partial charge is 0.495 e. The van der Waals surface area contributed by atoms with E-state index >= 15 is 0 Å². The van der Waals surface area contributed by atoms with Gasteiger partial charge in [-0.25, -0.2) is 0 Å². The molecule has 2 aromatic rings. The van der Waals surface area contributed by atoms with Crippen LogP contribution in [0, 0.1) is 0 Å². The molecule has 0 aliphatic heterocycles. The molecule has 1 amide bonds. The third kappa shape index (κ3) is 3.82. The molecule has 0 fully saturated rings. The maximum atomic E-state index is 11.7. The van der Waals surface area contributed by atoms with Gasteiger partial charge in [0, 0.05) is 12.6 Å². The molecule has 6 nitrogen and oxygen atoms in total. The van der Waals surface area contributed by atoms with Crippen LogP contribution in [0.1, 0.15) is 5.69 Å². The normalized spacial score (nSPS) is 10.2. The van der Waals surface area contributed by atoms with Crippen molar-refractivity contribution in [2.24, 2.45) is 0 Å². The number of methoxy groups -OCH3 is 1. The van der Waals surface area contributed by atoms with Gasteiger partial charge in [0.05, 0.1) is 25.0 Å². The lowest BCUT2D eigenvalue weighted by Gasteiger charge is -2.09. The summed E-state index contributed by atoms with van der Waals surface area (Å²) in [7, 11) is 1.56. The van der Waals surface area contributed by atoms with E-state index in [0.717, 1.165) is 5.69 Å². The van der Waals surface area contributed by atoms with E-state index in [1.165, 1.54) is 6.26 Å². The number of anilines is 1. The fourth-order valence-electron chi connectivity index (χ4n) is 1.58. The Morgan fingerprint density at radius 3 is 2.95 bits per heavy atom. The van der Waals surface area contributed by atoms with E-state index in [9.17, 15) is 4.79 Å². The van der Waals surface area contributed by atoms with Crippen LogP contribution in [0.2, 0.25) is 0 Å². The second-order valence-corrected chi connectivity index (χ2v) is 3.84. The maximum absolute atomic E-state index is 11.7. The van der Waals surface area contributed by atoms with Gasteiger partial charge in [0.1, 0.15) is 12.0 Å². The second-order valence-electron chi connectivity index (χ2n) is 3.84. The summed E-state index contributed by atoms with van der Waals surface area (Å²) >= 11 is 0. The van der Waals surface area contributed by atoms with Gasteiger partial charge in [0.15, 0.2) is 0 Å². The molecular weight excluding hydrogens is 246 g/mol. The molecule has 0 aliphatic carbocycles. The molecule has 6 heteroatoms. The number of benzene rings is 1.